The van der Waals surface area contributed by atoms with Gasteiger partial charge in [-0.3, -0.25) is 4.79 Å². The van der Waals surface area contributed by atoms with E-state index in [1.807, 2.05) is 39.0 Å². The van der Waals surface area contributed by atoms with Gasteiger partial charge in [-0.1, -0.05) is 29.8 Å². The highest BCUT2D eigenvalue weighted by atomic mass is 79.9. The van der Waals surface area contributed by atoms with E-state index in [1.54, 1.807) is 9.80 Å². The van der Waals surface area contributed by atoms with Crippen molar-refractivity contribution in [3.63, 3.8) is 0 Å². The molecule has 0 bridgehead atoms. The second-order valence-corrected chi connectivity index (χ2v) is 8.22. The smallest absolute Gasteiger partial charge is 0.409 e. The highest BCUT2D eigenvalue weighted by Crippen LogP contribution is 2.29. The number of nitrogens with zero attached hydrogens (tertiary/aromatic N) is 2. The number of hydrogen-bond acceptors (Lipinski definition) is 4. The molecule has 0 atom stereocenters. The van der Waals surface area contributed by atoms with E-state index in [0.29, 0.717) is 56.5 Å². The molecule has 2 heterocycles. The maximum atomic E-state index is 13.0. The SMILES string of the molecule is Cc1c(C(=O)N2CCCN(C(=O)OCC(C)C)CC2)oc2ccc(Br)cc12. The Labute approximate surface area is 167 Å². The summed E-state index contributed by atoms with van der Waals surface area (Å²) in [6.45, 7) is 8.43. The van der Waals surface area contributed by atoms with Crippen molar-refractivity contribution in [3.05, 3.63) is 34.0 Å². The van der Waals surface area contributed by atoms with E-state index in [-0.39, 0.29) is 12.0 Å². The summed E-state index contributed by atoms with van der Waals surface area (Å²) in [5.74, 6) is 0.547. The molecule has 1 saturated heterocycles. The van der Waals surface area contributed by atoms with Crippen molar-refractivity contribution in [3.8, 4) is 0 Å². The molecule has 1 fully saturated rings. The van der Waals surface area contributed by atoms with E-state index in [0.717, 1.165) is 15.4 Å². The molecule has 1 aliphatic rings. The first-order valence-corrected chi connectivity index (χ1v) is 10.1. The first kappa shape index (κ1) is 19.7. The van der Waals surface area contributed by atoms with Crippen molar-refractivity contribution >= 4 is 38.9 Å². The van der Waals surface area contributed by atoms with Gasteiger partial charge in [-0.15, -0.1) is 0 Å². The zero-order valence-corrected chi connectivity index (χ0v) is 17.5. The molecule has 3 rings (SSSR count). The zero-order valence-electron chi connectivity index (χ0n) is 16.0. The van der Waals surface area contributed by atoms with Gasteiger partial charge in [0, 0.05) is 41.6 Å². The van der Waals surface area contributed by atoms with E-state index < -0.39 is 0 Å². The Kier molecular flexibility index (Phi) is 6.09. The maximum Gasteiger partial charge on any atom is 0.409 e. The zero-order chi connectivity index (χ0) is 19.6. The molecule has 6 nitrogen and oxygen atoms in total. The minimum absolute atomic E-state index is 0.128. The highest BCUT2D eigenvalue weighted by Gasteiger charge is 2.27. The molecule has 1 aromatic heterocycles. The topological polar surface area (TPSA) is 63.0 Å². The summed E-state index contributed by atoms with van der Waals surface area (Å²) in [4.78, 5) is 28.6. The van der Waals surface area contributed by atoms with Crippen LogP contribution in [0.4, 0.5) is 4.79 Å². The third kappa shape index (κ3) is 4.46. The largest absolute Gasteiger partial charge is 0.451 e. The summed E-state index contributed by atoms with van der Waals surface area (Å²) < 4.78 is 12.1. The summed E-state index contributed by atoms with van der Waals surface area (Å²) in [5, 5.41) is 0.932. The normalized spacial score (nSPS) is 15.3. The molecule has 0 N–H and O–H groups in total. The van der Waals surface area contributed by atoms with Crippen LogP contribution < -0.4 is 0 Å². The number of benzene rings is 1. The lowest BCUT2D eigenvalue weighted by Crippen LogP contribution is -2.38. The minimum atomic E-state index is -0.303. The van der Waals surface area contributed by atoms with E-state index in [1.165, 1.54) is 0 Å². The number of carbonyl (C=O) groups is 2. The van der Waals surface area contributed by atoms with Gasteiger partial charge in [0.25, 0.3) is 5.91 Å². The Morgan fingerprint density at radius 1 is 1.19 bits per heavy atom. The molecular formula is C20H25BrN2O4. The molecule has 7 heteroatoms. The van der Waals surface area contributed by atoms with Crippen LogP contribution in [0.1, 0.15) is 36.4 Å². The Bertz CT molecular complexity index is 846. The summed E-state index contributed by atoms with van der Waals surface area (Å²) in [5.41, 5.74) is 1.54. The van der Waals surface area contributed by atoms with Crippen LogP contribution in [-0.4, -0.2) is 54.6 Å². The third-order valence-electron chi connectivity index (χ3n) is 4.67. The first-order valence-electron chi connectivity index (χ1n) is 9.26. The predicted molar refractivity (Wildman–Crippen MR) is 107 cm³/mol. The molecule has 1 aromatic carbocycles. The van der Waals surface area contributed by atoms with Gasteiger partial charge >= 0.3 is 6.09 Å². The Hall–Kier alpha value is -2.02. The molecule has 2 amide bonds. The van der Waals surface area contributed by atoms with Gasteiger partial charge in [0.1, 0.15) is 5.58 Å². The van der Waals surface area contributed by atoms with E-state index in [2.05, 4.69) is 15.9 Å². The molecule has 0 spiro atoms. The first-order chi connectivity index (χ1) is 12.9. The fourth-order valence-electron chi connectivity index (χ4n) is 3.17. The fraction of sp³-hybridized carbons (Fsp3) is 0.500. The van der Waals surface area contributed by atoms with Crippen molar-refractivity contribution in [2.75, 3.05) is 32.8 Å². The molecule has 0 aliphatic carbocycles. The maximum absolute atomic E-state index is 13.0. The number of halogens is 1. The van der Waals surface area contributed by atoms with Crippen molar-refractivity contribution in [2.24, 2.45) is 5.92 Å². The Balaban J connectivity index is 1.69. The van der Waals surface area contributed by atoms with Crippen LogP contribution in [-0.2, 0) is 4.74 Å². The van der Waals surface area contributed by atoms with Crippen LogP contribution in [0.15, 0.2) is 27.1 Å². The number of ether oxygens (including phenoxy) is 1. The average molecular weight is 437 g/mol. The summed E-state index contributed by atoms with van der Waals surface area (Å²) in [7, 11) is 0. The van der Waals surface area contributed by atoms with Crippen LogP contribution in [0, 0.1) is 12.8 Å². The van der Waals surface area contributed by atoms with Crippen LogP contribution in [0.2, 0.25) is 0 Å². The molecule has 146 valence electrons. The molecule has 1 aliphatic heterocycles. The highest BCUT2D eigenvalue weighted by molar-refractivity contribution is 9.10. The van der Waals surface area contributed by atoms with Crippen molar-refractivity contribution in [1.82, 2.24) is 9.80 Å². The number of furan rings is 1. The van der Waals surface area contributed by atoms with Crippen LogP contribution in [0.25, 0.3) is 11.0 Å². The van der Waals surface area contributed by atoms with E-state index in [9.17, 15) is 9.59 Å². The number of fused-ring (bicyclic) bond motifs is 1. The van der Waals surface area contributed by atoms with Gasteiger partial charge in [-0.25, -0.2) is 4.79 Å². The summed E-state index contributed by atoms with van der Waals surface area (Å²) in [6.07, 6.45) is 0.413. The Morgan fingerprint density at radius 2 is 1.89 bits per heavy atom. The van der Waals surface area contributed by atoms with Gasteiger partial charge in [-0.05, 0) is 37.5 Å². The number of carbonyl (C=O) groups excluding carboxylic acids is 2. The molecular weight excluding hydrogens is 412 g/mol. The third-order valence-corrected chi connectivity index (χ3v) is 5.17. The molecule has 0 radical (unpaired) electrons. The Morgan fingerprint density at radius 3 is 2.63 bits per heavy atom. The standard InChI is InChI=1S/C20H25BrN2O4/c1-13(2)12-26-20(25)23-8-4-7-22(9-10-23)19(24)18-14(3)16-11-15(21)5-6-17(16)27-18/h5-6,11,13H,4,7-10,12H2,1-3H3. The van der Waals surface area contributed by atoms with E-state index >= 15 is 0 Å². The van der Waals surface area contributed by atoms with Gasteiger partial charge in [0.15, 0.2) is 5.76 Å². The lowest BCUT2D eigenvalue weighted by Gasteiger charge is -2.21. The number of rotatable bonds is 3. The summed E-state index contributed by atoms with van der Waals surface area (Å²) in [6, 6.07) is 5.71. The van der Waals surface area contributed by atoms with Crippen LogP contribution in [0.5, 0.6) is 0 Å². The summed E-state index contributed by atoms with van der Waals surface area (Å²) >= 11 is 3.46. The second kappa shape index (κ2) is 8.33. The fourth-order valence-corrected chi connectivity index (χ4v) is 3.53. The quantitative estimate of drug-likeness (QED) is 0.712. The lowest BCUT2D eigenvalue weighted by atomic mass is 10.1. The van der Waals surface area contributed by atoms with Crippen LogP contribution in [0.3, 0.4) is 0 Å². The van der Waals surface area contributed by atoms with E-state index in [4.69, 9.17) is 9.15 Å². The van der Waals surface area contributed by atoms with Gasteiger partial charge in [-0.2, -0.15) is 0 Å². The second-order valence-electron chi connectivity index (χ2n) is 7.30. The number of amides is 2. The average Bonchev–Trinajstić information content (AvgIpc) is 2.82. The van der Waals surface area contributed by atoms with Gasteiger partial charge in [0.05, 0.1) is 6.61 Å². The number of hydrogen-bond donors (Lipinski definition) is 0. The van der Waals surface area contributed by atoms with Crippen LogP contribution >= 0.6 is 15.9 Å². The van der Waals surface area contributed by atoms with Crippen molar-refractivity contribution in [2.45, 2.75) is 27.2 Å². The van der Waals surface area contributed by atoms with Crippen molar-refractivity contribution < 1.29 is 18.7 Å². The number of aryl methyl sites for hydroxylation is 1. The van der Waals surface area contributed by atoms with Gasteiger partial charge in [0.2, 0.25) is 0 Å². The van der Waals surface area contributed by atoms with Gasteiger partial charge < -0.3 is 19.0 Å². The molecule has 2 aromatic rings. The lowest BCUT2D eigenvalue weighted by molar-refractivity contribution is 0.0718. The minimum Gasteiger partial charge on any atom is -0.451 e. The monoisotopic (exact) mass is 436 g/mol. The molecule has 0 unspecified atom stereocenters. The predicted octanol–water partition coefficient (Wildman–Crippen LogP) is 4.44. The molecule has 27 heavy (non-hydrogen) atoms. The molecule has 0 saturated carbocycles. The van der Waals surface area contributed by atoms with Crippen molar-refractivity contribution in [1.29, 1.82) is 0 Å².